The Morgan fingerprint density at radius 3 is 2.91 bits per heavy atom. The highest BCUT2D eigenvalue weighted by Crippen LogP contribution is 2.39. The van der Waals surface area contributed by atoms with Crippen molar-refractivity contribution in [1.82, 2.24) is 4.90 Å². The summed E-state index contributed by atoms with van der Waals surface area (Å²) in [4.78, 5) is 15.9. The van der Waals surface area contributed by atoms with Crippen LogP contribution in [0, 0.1) is 12.8 Å². The molecule has 2 aliphatic rings. The van der Waals surface area contributed by atoms with Crippen LogP contribution in [0.15, 0.2) is 60.0 Å². The smallest absolute Gasteiger partial charge is 0.247 e. The maximum Gasteiger partial charge on any atom is 0.247 e. The van der Waals surface area contributed by atoms with E-state index in [4.69, 9.17) is 14.2 Å². The fourth-order valence-electron chi connectivity index (χ4n) is 4.40. The molecule has 5 nitrogen and oxygen atoms in total. The van der Waals surface area contributed by atoms with Gasteiger partial charge < -0.3 is 19.1 Å². The van der Waals surface area contributed by atoms with Crippen molar-refractivity contribution in [1.29, 1.82) is 0 Å². The number of carbonyl (C=O) groups excluding carboxylic acids is 1. The summed E-state index contributed by atoms with van der Waals surface area (Å²) in [5.74, 6) is 1.86. The summed E-state index contributed by atoms with van der Waals surface area (Å²) < 4.78 is 18.0. The number of amides is 1. The van der Waals surface area contributed by atoms with E-state index in [1.807, 2.05) is 40.6 Å². The first-order chi connectivity index (χ1) is 16.7. The minimum absolute atomic E-state index is 0.0169. The molecule has 0 unspecified atom stereocenters. The number of benzene rings is 2. The summed E-state index contributed by atoms with van der Waals surface area (Å²) in [6.07, 6.45) is 4.54. The van der Waals surface area contributed by atoms with Crippen molar-refractivity contribution in [3.05, 3.63) is 76.0 Å². The van der Waals surface area contributed by atoms with Gasteiger partial charge in [-0.15, -0.1) is 11.3 Å². The molecule has 0 spiro atoms. The average Bonchev–Trinajstić information content (AvgIpc) is 3.52. The molecule has 176 valence electrons. The number of aryl methyl sites for hydroxylation is 1. The lowest BCUT2D eigenvalue weighted by molar-refractivity contribution is -0.126. The summed E-state index contributed by atoms with van der Waals surface area (Å²) >= 11 is 1.62. The van der Waals surface area contributed by atoms with Crippen LogP contribution in [0.25, 0.3) is 17.2 Å². The largest absolute Gasteiger partial charge is 0.489 e. The number of fused-ring (bicyclic) bond motifs is 1. The molecule has 1 aromatic heterocycles. The number of hydrogen-bond acceptors (Lipinski definition) is 5. The maximum absolute atomic E-state index is 13.0. The summed E-state index contributed by atoms with van der Waals surface area (Å²) in [6.45, 7) is 5.67. The Morgan fingerprint density at radius 2 is 2.12 bits per heavy atom. The van der Waals surface area contributed by atoms with Crippen molar-refractivity contribution in [2.75, 3.05) is 33.0 Å². The van der Waals surface area contributed by atoms with Crippen molar-refractivity contribution in [3.63, 3.8) is 0 Å². The Morgan fingerprint density at radius 1 is 1.21 bits per heavy atom. The zero-order chi connectivity index (χ0) is 23.3. The Balaban J connectivity index is 1.45. The van der Waals surface area contributed by atoms with Crippen LogP contribution < -0.4 is 9.47 Å². The summed E-state index contributed by atoms with van der Waals surface area (Å²) in [7, 11) is 0. The van der Waals surface area contributed by atoms with Crippen LogP contribution in [-0.2, 0) is 16.1 Å². The third kappa shape index (κ3) is 5.18. The van der Waals surface area contributed by atoms with Gasteiger partial charge in [0.1, 0.15) is 6.61 Å². The van der Waals surface area contributed by atoms with Crippen LogP contribution in [0.2, 0.25) is 0 Å². The molecule has 5 rings (SSSR count). The van der Waals surface area contributed by atoms with E-state index in [1.165, 1.54) is 5.56 Å². The second-order valence-electron chi connectivity index (χ2n) is 8.78. The quantitative estimate of drug-likeness (QED) is 0.437. The molecule has 1 saturated heterocycles. The number of ether oxygens (including phenoxy) is 3. The van der Waals surface area contributed by atoms with Crippen LogP contribution in [0.5, 0.6) is 11.5 Å². The van der Waals surface area contributed by atoms with Crippen molar-refractivity contribution in [3.8, 4) is 22.6 Å². The van der Waals surface area contributed by atoms with Gasteiger partial charge >= 0.3 is 0 Å². The molecule has 0 bridgehead atoms. The number of carbonyl (C=O) groups is 1. The van der Waals surface area contributed by atoms with Crippen LogP contribution in [0.3, 0.4) is 0 Å². The van der Waals surface area contributed by atoms with Gasteiger partial charge in [-0.1, -0.05) is 30.3 Å². The van der Waals surface area contributed by atoms with Gasteiger partial charge in [-0.3, -0.25) is 4.79 Å². The molecule has 0 saturated carbocycles. The highest BCUT2D eigenvalue weighted by atomic mass is 32.1. The van der Waals surface area contributed by atoms with Crippen LogP contribution in [0.1, 0.15) is 22.4 Å². The van der Waals surface area contributed by atoms with E-state index in [2.05, 4.69) is 31.2 Å². The standard InChI is InChI=1S/C28H29NO4S/c1-20-5-2-3-7-25(20)22-15-23-17-29(27(30)9-8-24-6-4-14-34-24)11-13-32-28(23)26(16-22)33-19-21-10-12-31-18-21/h2-9,14-16,21H,10-13,17-19H2,1H3/b9-8+/t21-/m1/s1. The average molecular weight is 476 g/mol. The topological polar surface area (TPSA) is 48.0 Å². The molecule has 2 aliphatic heterocycles. The van der Waals surface area contributed by atoms with Gasteiger partial charge in [0.05, 0.1) is 19.8 Å². The number of thiophene rings is 1. The molecule has 0 radical (unpaired) electrons. The Labute approximate surface area is 204 Å². The predicted octanol–water partition coefficient (Wildman–Crippen LogP) is 5.57. The lowest BCUT2D eigenvalue weighted by Gasteiger charge is -2.20. The Bertz CT molecular complexity index is 1170. The van der Waals surface area contributed by atoms with E-state index in [1.54, 1.807) is 17.4 Å². The highest BCUT2D eigenvalue weighted by molar-refractivity contribution is 7.10. The van der Waals surface area contributed by atoms with E-state index in [9.17, 15) is 4.79 Å². The number of nitrogens with zero attached hydrogens (tertiary/aromatic N) is 1. The second-order valence-corrected chi connectivity index (χ2v) is 9.75. The first-order valence-electron chi connectivity index (χ1n) is 11.7. The molecule has 0 N–H and O–H groups in total. The number of rotatable bonds is 6. The van der Waals surface area contributed by atoms with Gasteiger partial charge in [-0.05, 0) is 59.7 Å². The van der Waals surface area contributed by atoms with Gasteiger partial charge in [0, 0.05) is 35.6 Å². The van der Waals surface area contributed by atoms with E-state index in [-0.39, 0.29) is 5.91 Å². The normalized spacial score (nSPS) is 17.9. The van der Waals surface area contributed by atoms with Crippen LogP contribution in [-0.4, -0.2) is 43.8 Å². The molecule has 3 aromatic rings. The maximum atomic E-state index is 13.0. The van der Waals surface area contributed by atoms with E-state index >= 15 is 0 Å². The van der Waals surface area contributed by atoms with Crippen molar-refractivity contribution in [2.45, 2.75) is 19.9 Å². The molecule has 34 heavy (non-hydrogen) atoms. The van der Waals surface area contributed by atoms with Gasteiger partial charge in [-0.25, -0.2) is 0 Å². The van der Waals surface area contributed by atoms with Crippen LogP contribution >= 0.6 is 11.3 Å². The van der Waals surface area contributed by atoms with Crippen LogP contribution in [0.4, 0.5) is 0 Å². The fraction of sp³-hybridized carbons (Fsp3) is 0.321. The predicted molar refractivity (Wildman–Crippen MR) is 135 cm³/mol. The van der Waals surface area contributed by atoms with Gasteiger partial charge in [0.15, 0.2) is 11.5 Å². The highest BCUT2D eigenvalue weighted by Gasteiger charge is 2.24. The van der Waals surface area contributed by atoms with Crippen molar-refractivity contribution in [2.24, 2.45) is 5.92 Å². The SMILES string of the molecule is Cc1ccccc1-c1cc2c(c(OC[C@@H]3CCOC3)c1)OCCN(C(=O)/C=C/c1cccs1)C2. The minimum Gasteiger partial charge on any atom is -0.489 e. The van der Waals surface area contributed by atoms with Gasteiger partial charge in [0.25, 0.3) is 0 Å². The molecular weight excluding hydrogens is 446 g/mol. The fourth-order valence-corrected chi connectivity index (χ4v) is 5.02. The molecule has 6 heteroatoms. The first-order valence-corrected chi connectivity index (χ1v) is 12.6. The summed E-state index contributed by atoms with van der Waals surface area (Å²) in [6, 6.07) is 16.5. The van der Waals surface area contributed by atoms with Crippen molar-refractivity contribution >= 4 is 23.3 Å². The zero-order valence-electron chi connectivity index (χ0n) is 19.4. The third-order valence-electron chi connectivity index (χ3n) is 6.30. The van der Waals surface area contributed by atoms with Crippen molar-refractivity contribution < 1.29 is 19.0 Å². The number of hydrogen-bond donors (Lipinski definition) is 0. The van der Waals surface area contributed by atoms with E-state index in [0.29, 0.717) is 32.2 Å². The molecule has 0 aliphatic carbocycles. The zero-order valence-corrected chi connectivity index (χ0v) is 20.2. The lowest BCUT2D eigenvalue weighted by atomic mass is 9.97. The molecular formula is C28H29NO4S. The lowest BCUT2D eigenvalue weighted by Crippen LogP contribution is -2.30. The Hall–Kier alpha value is -3.09. The third-order valence-corrected chi connectivity index (χ3v) is 7.14. The molecule has 3 heterocycles. The minimum atomic E-state index is -0.0169. The van der Waals surface area contributed by atoms with Gasteiger partial charge in [-0.2, -0.15) is 0 Å². The van der Waals surface area contributed by atoms with E-state index < -0.39 is 0 Å². The molecule has 2 aromatic carbocycles. The molecule has 1 amide bonds. The van der Waals surface area contributed by atoms with E-state index in [0.717, 1.165) is 52.7 Å². The second kappa shape index (κ2) is 10.5. The summed E-state index contributed by atoms with van der Waals surface area (Å²) in [5, 5.41) is 2.01. The first kappa shape index (κ1) is 22.7. The summed E-state index contributed by atoms with van der Waals surface area (Å²) in [5.41, 5.74) is 4.38. The molecule has 1 atom stereocenters. The molecule has 1 fully saturated rings. The van der Waals surface area contributed by atoms with Gasteiger partial charge in [0.2, 0.25) is 5.91 Å². The monoisotopic (exact) mass is 475 g/mol. The Kier molecular flexibility index (Phi) is 6.97.